The van der Waals surface area contributed by atoms with E-state index in [4.69, 9.17) is 0 Å². The zero-order valence-electron chi connectivity index (χ0n) is 13.4. The second-order valence-corrected chi connectivity index (χ2v) is 7.03. The second-order valence-electron chi connectivity index (χ2n) is 7.03. The molecule has 0 bridgehead atoms. The van der Waals surface area contributed by atoms with E-state index in [0.717, 1.165) is 32.4 Å². The fraction of sp³-hybridized carbons (Fsp3) is 0.875. The first kappa shape index (κ1) is 16.1. The summed E-state index contributed by atoms with van der Waals surface area (Å²) in [4.78, 5) is 25.9. The number of amides is 2. The third-order valence-electron chi connectivity index (χ3n) is 5.57. The Labute approximate surface area is 127 Å². The molecule has 2 fully saturated rings. The normalized spacial score (nSPS) is 36.5. The van der Waals surface area contributed by atoms with Crippen LogP contribution in [0, 0.1) is 17.8 Å². The van der Waals surface area contributed by atoms with Gasteiger partial charge in [0.05, 0.1) is 0 Å². The highest BCUT2D eigenvalue weighted by Crippen LogP contribution is 2.34. The molecule has 2 rings (SSSR count). The van der Waals surface area contributed by atoms with Gasteiger partial charge in [-0.3, -0.25) is 0 Å². The molecular formula is C16H28N2O3. The highest BCUT2D eigenvalue weighted by atomic mass is 16.4. The molecule has 0 aromatic carbocycles. The van der Waals surface area contributed by atoms with Gasteiger partial charge in [0.15, 0.2) is 0 Å². The van der Waals surface area contributed by atoms with Crippen LogP contribution in [-0.2, 0) is 4.79 Å². The molecule has 0 aromatic rings. The predicted octanol–water partition coefficient (Wildman–Crippen LogP) is 2.71. The minimum atomic E-state index is -1.06. The Morgan fingerprint density at radius 3 is 2.14 bits per heavy atom. The molecule has 0 spiro atoms. The summed E-state index contributed by atoms with van der Waals surface area (Å²) < 4.78 is 0. The van der Waals surface area contributed by atoms with E-state index in [1.165, 1.54) is 0 Å². The highest BCUT2D eigenvalue weighted by molar-refractivity contribution is 5.86. The molecule has 0 radical (unpaired) electrons. The van der Waals surface area contributed by atoms with Crippen LogP contribution in [0.2, 0.25) is 0 Å². The van der Waals surface area contributed by atoms with Crippen molar-refractivity contribution in [3.05, 3.63) is 0 Å². The minimum Gasteiger partial charge on any atom is -0.480 e. The van der Waals surface area contributed by atoms with Gasteiger partial charge in [0.1, 0.15) is 5.54 Å². The second kappa shape index (κ2) is 6.24. The number of nitrogens with one attached hydrogen (secondary N) is 1. The third kappa shape index (κ3) is 3.33. The van der Waals surface area contributed by atoms with E-state index in [1.807, 2.05) is 0 Å². The van der Waals surface area contributed by atoms with E-state index in [1.54, 1.807) is 4.90 Å². The molecule has 1 saturated heterocycles. The molecule has 5 heteroatoms. The molecular weight excluding hydrogens is 268 g/mol. The maximum Gasteiger partial charge on any atom is 0.329 e. The fourth-order valence-electron chi connectivity index (χ4n) is 3.55. The third-order valence-corrected chi connectivity index (χ3v) is 5.57. The summed E-state index contributed by atoms with van der Waals surface area (Å²) in [5.74, 6) is 0.673. The van der Waals surface area contributed by atoms with Gasteiger partial charge in [0.2, 0.25) is 0 Å². The van der Waals surface area contributed by atoms with Crippen molar-refractivity contribution in [1.29, 1.82) is 0 Å². The van der Waals surface area contributed by atoms with Gasteiger partial charge in [0.25, 0.3) is 0 Å². The summed E-state index contributed by atoms with van der Waals surface area (Å²) >= 11 is 0. The van der Waals surface area contributed by atoms with Crippen molar-refractivity contribution in [2.45, 2.75) is 58.4 Å². The smallest absolute Gasteiger partial charge is 0.329 e. The van der Waals surface area contributed by atoms with Crippen molar-refractivity contribution >= 4 is 12.0 Å². The van der Waals surface area contributed by atoms with Crippen LogP contribution in [0.15, 0.2) is 0 Å². The van der Waals surface area contributed by atoms with Gasteiger partial charge >= 0.3 is 12.0 Å². The predicted molar refractivity (Wildman–Crippen MR) is 81.0 cm³/mol. The monoisotopic (exact) mass is 296 g/mol. The SMILES string of the molecule is CCC1CCC(NC(=O)N2CC(C)C(C)C2)(C(=O)O)CC1. The van der Waals surface area contributed by atoms with Gasteiger partial charge in [0, 0.05) is 13.1 Å². The molecule has 2 unspecified atom stereocenters. The van der Waals surface area contributed by atoms with Crippen LogP contribution in [0.1, 0.15) is 52.9 Å². The molecule has 21 heavy (non-hydrogen) atoms. The largest absolute Gasteiger partial charge is 0.480 e. The van der Waals surface area contributed by atoms with Crippen LogP contribution >= 0.6 is 0 Å². The number of carbonyl (C=O) groups is 2. The Hall–Kier alpha value is -1.26. The maximum absolute atomic E-state index is 12.4. The Bertz CT molecular complexity index is 392. The Morgan fingerprint density at radius 2 is 1.71 bits per heavy atom. The molecule has 5 nitrogen and oxygen atoms in total. The number of aliphatic carboxylic acids is 1. The first-order chi connectivity index (χ1) is 9.88. The average molecular weight is 296 g/mol. The van der Waals surface area contributed by atoms with Crippen molar-refractivity contribution in [2.75, 3.05) is 13.1 Å². The van der Waals surface area contributed by atoms with Crippen molar-refractivity contribution < 1.29 is 14.7 Å². The minimum absolute atomic E-state index is 0.205. The van der Waals surface area contributed by atoms with Crippen molar-refractivity contribution in [2.24, 2.45) is 17.8 Å². The number of rotatable bonds is 3. The van der Waals surface area contributed by atoms with E-state index in [2.05, 4.69) is 26.1 Å². The van der Waals surface area contributed by atoms with Gasteiger partial charge in [-0.15, -0.1) is 0 Å². The standard InChI is InChI=1S/C16H28N2O3/c1-4-13-5-7-16(8-6-13,14(19)20)17-15(21)18-9-11(2)12(3)10-18/h11-13H,4-10H2,1-3H3,(H,17,21)(H,19,20). The van der Waals surface area contributed by atoms with E-state index in [-0.39, 0.29) is 6.03 Å². The lowest BCUT2D eigenvalue weighted by molar-refractivity contribution is -0.146. The molecule has 120 valence electrons. The lowest BCUT2D eigenvalue weighted by Gasteiger charge is -2.38. The summed E-state index contributed by atoms with van der Waals surface area (Å²) in [5, 5.41) is 12.5. The summed E-state index contributed by atoms with van der Waals surface area (Å²) in [5.41, 5.74) is -1.06. The molecule has 2 amide bonds. The number of likely N-dealkylation sites (tertiary alicyclic amines) is 1. The Balaban J connectivity index is 2.01. The van der Waals surface area contributed by atoms with Crippen LogP contribution < -0.4 is 5.32 Å². The maximum atomic E-state index is 12.4. The number of hydrogen-bond donors (Lipinski definition) is 2. The molecule has 1 heterocycles. The number of carboxylic acids is 1. The lowest BCUT2D eigenvalue weighted by Crippen LogP contribution is -2.59. The molecule has 1 aliphatic carbocycles. The Kier molecular flexibility index (Phi) is 4.79. The van der Waals surface area contributed by atoms with E-state index in [0.29, 0.717) is 30.6 Å². The van der Waals surface area contributed by atoms with Crippen molar-refractivity contribution in [3.63, 3.8) is 0 Å². The fourth-order valence-corrected chi connectivity index (χ4v) is 3.55. The number of nitrogens with zero attached hydrogens (tertiary/aromatic N) is 1. The molecule has 2 atom stereocenters. The average Bonchev–Trinajstić information content (AvgIpc) is 2.79. The molecule has 1 saturated carbocycles. The summed E-state index contributed by atoms with van der Waals surface area (Å²) in [6.07, 6.45) is 3.95. The van der Waals surface area contributed by atoms with Gasteiger partial charge < -0.3 is 15.3 Å². The summed E-state index contributed by atoms with van der Waals surface area (Å²) in [6, 6.07) is -0.205. The topological polar surface area (TPSA) is 69.6 Å². The highest BCUT2D eigenvalue weighted by Gasteiger charge is 2.44. The number of hydrogen-bond acceptors (Lipinski definition) is 2. The van der Waals surface area contributed by atoms with E-state index in [9.17, 15) is 14.7 Å². The molecule has 2 N–H and O–H groups in total. The van der Waals surface area contributed by atoms with Crippen LogP contribution in [0.25, 0.3) is 0 Å². The zero-order valence-corrected chi connectivity index (χ0v) is 13.4. The van der Waals surface area contributed by atoms with Crippen LogP contribution in [0.5, 0.6) is 0 Å². The number of carbonyl (C=O) groups excluding carboxylic acids is 1. The zero-order chi connectivity index (χ0) is 15.6. The van der Waals surface area contributed by atoms with E-state index >= 15 is 0 Å². The Morgan fingerprint density at radius 1 is 1.19 bits per heavy atom. The molecule has 0 aromatic heterocycles. The quantitative estimate of drug-likeness (QED) is 0.841. The summed E-state index contributed by atoms with van der Waals surface area (Å²) in [7, 11) is 0. The van der Waals surface area contributed by atoms with Crippen LogP contribution in [-0.4, -0.2) is 40.6 Å². The first-order valence-electron chi connectivity index (χ1n) is 8.18. The van der Waals surface area contributed by atoms with Gasteiger partial charge in [-0.05, 0) is 43.4 Å². The van der Waals surface area contributed by atoms with Gasteiger partial charge in [-0.25, -0.2) is 9.59 Å². The lowest BCUT2D eigenvalue weighted by atomic mass is 9.75. The van der Waals surface area contributed by atoms with Gasteiger partial charge in [-0.1, -0.05) is 27.2 Å². The first-order valence-corrected chi connectivity index (χ1v) is 8.18. The number of carboxylic acid groups (broad SMARTS) is 1. The molecule has 2 aliphatic rings. The molecule has 1 aliphatic heterocycles. The summed E-state index contributed by atoms with van der Waals surface area (Å²) in [6.45, 7) is 7.86. The number of urea groups is 1. The van der Waals surface area contributed by atoms with Crippen molar-refractivity contribution in [3.8, 4) is 0 Å². The van der Waals surface area contributed by atoms with Gasteiger partial charge in [-0.2, -0.15) is 0 Å². The van der Waals surface area contributed by atoms with Crippen molar-refractivity contribution in [1.82, 2.24) is 10.2 Å². The van der Waals surface area contributed by atoms with Crippen LogP contribution in [0.4, 0.5) is 4.79 Å². The van der Waals surface area contributed by atoms with Crippen LogP contribution in [0.3, 0.4) is 0 Å². The van der Waals surface area contributed by atoms with E-state index < -0.39 is 11.5 Å².